The predicted octanol–water partition coefficient (Wildman–Crippen LogP) is 3.23. The van der Waals surface area contributed by atoms with Gasteiger partial charge in [0, 0.05) is 34.8 Å². The van der Waals surface area contributed by atoms with E-state index in [4.69, 9.17) is 0 Å². The number of hydrogen-bond acceptors (Lipinski definition) is 6. The lowest BCUT2D eigenvalue weighted by Crippen LogP contribution is -2.39. The van der Waals surface area contributed by atoms with Gasteiger partial charge in [-0.25, -0.2) is 13.1 Å². The Balaban J connectivity index is 1.36. The van der Waals surface area contributed by atoms with Gasteiger partial charge in [0.15, 0.2) is 0 Å². The van der Waals surface area contributed by atoms with Crippen LogP contribution in [0.15, 0.2) is 81.9 Å². The molecule has 0 aliphatic carbocycles. The van der Waals surface area contributed by atoms with Gasteiger partial charge in [0.25, 0.3) is 21.5 Å². The van der Waals surface area contributed by atoms with Gasteiger partial charge in [-0.05, 0) is 60.3 Å². The minimum absolute atomic E-state index is 0.0499. The van der Waals surface area contributed by atoms with Crippen molar-refractivity contribution in [3.05, 3.63) is 94.4 Å². The number of carbonyl (C=O) groups excluding carboxylic acids is 2. The summed E-state index contributed by atoms with van der Waals surface area (Å²) in [5, 5.41) is 3.43. The molecule has 2 N–H and O–H groups in total. The van der Waals surface area contributed by atoms with Crippen LogP contribution < -0.4 is 15.6 Å². The first-order chi connectivity index (χ1) is 16.6. The van der Waals surface area contributed by atoms with Crippen LogP contribution in [0.25, 0.3) is 15.8 Å². The van der Waals surface area contributed by atoms with E-state index in [1.165, 1.54) is 23.6 Å². The van der Waals surface area contributed by atoms with E-state index in [1.54, 1.807) is 42.6 Å². The van der Waals surface area contributed by atoms with Gasteiger partial charge >= 0.3 is 0 Å². The monoisotopic (exact) mass is 509 g/mol. The molecule has 2 aromatic heterocycles. The van der Waals surface area contributed by atoms with Crippen molar-refractivity contribution in [2.24, 2.45) is 5.92 Å². The van der Waals surface area contributed by atoms with Gasteiger partial charge in [-0.2, -0.15) is 0 Å². The van der Waals surface area contributed by atoms with Crippen LogP contribution in [0.2, 0.25) is 0 Å². The third-order valence-corrected chi connectivity index (χ3v) is 8.32. The number of rotatable bonds is 7. The number of pyridine rings is 1. The summed E-state index contributed by atoms with van der Waals surface area (Å²) < 4.78 is 29.8. The quantitative estimate of drug-likeness (QED) is 0.397. The summed E-state index contributed by atoms with van der Waals surface area (Å²) in [5.74, 6) is -1.91. The average Bonchev–Trinajstić information content (AvgIpc) is 3.27. The van der Waals surface area contributed by atoms with E-state index >= 15 is 0 Å². The normalized spacial score (nSPS) is 12.3. The van der Waals surface area contributed by atoms with Gasteiger partial charge in [-0.15, -0.1) is 11.3 Å². The Labute approximate surface area is 206 Å². The molecule has 1 unspecified atom stereocenters. The van der Waals surface area contributed by atoms with E-state index in [1.807, 2.05) is 25.1 Å². The number of aromatic nitrogens is 1. The maximum atomic E-state index is 12.7. The van der Waals surface area contributed by atoms with Crippen LogP contribution in [-0.2, 0) is 14.8 Å². The highest BCUT2D eigenvalue weighted by Crippen LogP contribution is 2.29. The summed E-state index contributed by atoms with van der Waals surface area (Å²) in [6.07, 6.45) is 1.63. The lowest BCUT2D eigenvalue weighted by molar-refractivity contribution is -0.122. The standard InChI is InChI=1S/C25H23N3O5S2/c1-16-6-7-19-14-23(34-21(19)13-16)35(32,33)27-24(30)17(2)15-26-25(31)18-8-10-20(11-9-18)28-12-4-3-5-22(28)29/h3-14,17H,15H2,1-2H3,(H,26,31)(H,27,30). The van der Waals surface area contributed by atoms with E-state index in [0.29, 0.717) is 11.3 Å². The van der Waals surface area contributed by atoms with Crippen LogP contribution in [0.1, 0.15) is 22.8 Å². The Bertz CT molecular complexity index is 1570. The molecule has 10 heteroatoms. The number of fused-ring (bicyclic) bond motifs is 1. The lowest BCUT2D eigenvalue weighted by atomic mass is 10.1. The van der Waals surface area contributed by atoms with Crippen LogP contribution in [0.4, 0.5) is 0 Å². The predicted molar refractivity (Wildman–Crippen MR) is 135 cm³/mol. The summed E-state index contributed by atoms with van der Waals surface area (Å²) in [5.41, 5.74) is 1.78. The molecule has 4 rings (SSSR count). The Morgan fingerprint density at radius 1 is 1.03 bits per heavy atom. The molecule has 2 heterocycles. The minimum atomic E-state index is -4.03. The van der Waals surface area contributed by atoms with E-state index in [9.17, 15) is 22.8 Å². The molecule has 0 radical (unpaired) electrons. The fraction of sp³-hybridized carbons (Fsp3) is 0.160. The molecule has 180 valence electrons. The number of thiophene rings is 1. The number of amides is 2. The molecule has 2 aromatic carbocycles. The largest absolute Gasteiger partial charge is 0.351 e. The maximum Gasteiger partial charge on any atom is 0.273 e. The molecular weight excluding hydrogens is 486 g/mol. The maximum absolute atomic E-state index is 12.7. The Kier molecular flexibility index (Phi) is 6.86. The van der Waals surface area contributed by atoms with E-state index in [0.717, 1.165) is 27.0 Å². The molecule has 2 amide bonds. The first-order valence-corrected chi connectivity index (χ1v) is 13.1. The van der Waals surface area contributed by atoms with Gasteiger partial charge in [0.2, 0.25) is 5.91 Å². The van der Waals surface area contributed by atoms with Crippen molar-refractivity contribution in [1.29, 1.82) is 0 Å². The van der Waals surface area contributed by atoms with Crippen molar-refractivity contribution in [3.63, 3.8) is 0 Å². The van der Waals surface area contributed by atoms with Crippen molar-refractivity contribution < 1.29 is 18.0 Å². The van der Waals surface area contributed by atoms with Gasteiger partial charge in [0.1, 0.15) is 4.21 Å². The summed E-state index contributed by atoms with van der Waals surface area (Å²) in [4.78, 5) is 36.9. The van der Waals surface area contributed by atoms with Gasteiger partial charge in [0.05, 0.1) is 5.92 Å². The Morgan fingerprint density at radius 3 is 2.49 bits per heavy atom. The van der Waals surface area contributed by atoms with Gasteiger partial charge in [-0.3, -0.25) is 19.0 Å². The van der Waals surface area contributed by atoms with Crippen LogP contribution in [0, 0.1) is 12.8 Å². The summed E-state index contributed by atoms with van der Waals surface area (Å²) in [6.45, 7) is 3.40. The van der Waals surface area contributed by atoms with Crippen molar-refractivity contribution in [3.8, 4) is 5.69 Å². The second-order valence-corrected chi connectivity index (χ2v) is 11.1. The summed E-state index contributed by atoms with van der Waals surface area (Å²) in [6, 6.07) is 18.4. The minimum Gasteiger partial charge on any atom is -0.351 e. The van der Waals surface area contributed by atoms with Crippen molar-refractivity contribution in [1.82, 2.24) is 14.6 Å². The average molecular weight is 510 g/mol. The molecule has 0 bridgehead atoms. The second kappa shape index (κ2) is 9.85. The van der Waals surface area contributed by atoms with E-state index < -0.39 is 27.8 Å². The number of hydrogen-bond donors (Lipinski definition) is 2. The summed E-state index contributed by atoms with van der Waals surface area (Å²) >= 11 is 1.09. The van der Waals surface area contributed by atoms with Crippen molar-refractivity contribution >= 4 is 43.3 Å². The zero-order chi connectivity index (χ0) is 25.2. The number of aryl methyl sites for hydroxylation is 1. The highest BCUT2D eigenvalue weighted by molar-refractivity contribution is 7.92. The highest BCUT2D eigenvalue weighted by Gasteiger charge is 2.24. The molecular formula is C25H23N3O5S2. The SMILES string of the molecule is Cc1ccc2cc(S(=O)(=O)NC(=O)C(C)CNC(=O)c3ccc(-n4ccccc4=O)cc3)sc2c1. The number of nitrogens with zero attached hydrogens (tertiary/aromatic N) is 1. The second-order valence-electron chi connectivity index (χ2n) is 8.14. The zero-order valence-electron chi connectivity index (χ0n) is 19.0. The fourth-order valence-electron chi connectivity index (χ4n) is 3.38. The molecule has 0 fully saturated rings. The Hall–Kier alpha value is -3.76. The van der Waals surface area contributed by atoms with Gasteiger partial charge in [-0.1, -0.05) is 25.1 Å². The summed E-state index contributed by atoms with van der Waals surface area (Å²) in [7, 11) is -4.03. The molecule has 0 spiro atoms. The van der Waals surface area contributed by atoms with Crippen LogP contribution in [0.3, 0.4) is 0 Å². The lowest BCUT2D eigenvalue weighted by Gasteiger charge is -2.13. The molecule has 0 aliphatic rings. The molecule has 0 aliphatic heterocycles. The first kappa shape index (κ1) is 24.4. The number of sulfonamides is 1. The van der Waals surface area contributed by atoms with Crippen molar-refractivity contribution in [2.45, 2.75) is 18.1 Å². The van der Waals surface area contributed by atoms with Gasteiger partial charge < -0.3 is 5.32 Å². The number of benzene rings is 2. The molecule has 4 aromatic rings. The highest BCUT2D eigenvalue weighted by atomic mass is 32.2. The molecule has 0 saturated carbocycles. The van der Waals surface area contributed by atoms with Crippen LogP contribution in [0.5, 0.6) is 0 Å². The van der Waals surface area contributed by atoms with E-state index in [-0.39, 0.29) is 16.3 Å². The first-order valence-electron chi connectivity index (χ1n) is 10.8. The number of nitrogens with one attached hydrogen (secondary N) is 2. The van der Waals surface area contributed by atoms with Crippen LogP contribution >= 0.6 is 11.3 Å². The topological polar surface area (TPSA) is 114 Å². The molecule has 1 atom stereocenters. The third-order valence-electron chi connectivity index (χ3n) is 5.40. The Morgan fingerprint density at radius 2 is 1.77 bits per heavy atom. The molecule has 8 nitrogen and oxygen atoms in total. The zero-order valence-corrected chi connectivity index (χ0v) is 20.7. The number of carbonyl (C=O) groups is 2. The molecule has 35 heavy (non-hydrogen) atoms. The molecule has 0 saturated heterocycles. The third kappa shape index (κ3) is 5.50. The van der Waals surface area contributed by atoms with Crippen molar-refractivity contribution in [2.75, 3.05) is 6.54 Å². The fourth-order valence-corrected chi connectivity index (χ4v) is 5.96. The smallest absolute Gasteiger partial charge is 0.273 e. The van der Waals surface area contributed by atoms with Crippen LogP contribution in [-0.4, -0.2) is 31.3 Å². The van der Waals surface area contributed by atoms with E-state index in [2.05, 4.69) is 10.0 Å².